The van der Waals surface area contributed by atoms with Crippen LogP contribution in [0.3, 0.4) is 0 Å². The number of carbonyl (C=O) groups excluding carboxylic acids is 1. The second kappa shape index (κ2) is 8.16. The molecule has 3 aromatic rings. The maximum atomic E-state index is 13.5. The number of halogens is 3. The number of aryl methyl sites for hydroxylation is 1. The maximum absolute atomic E-state index is 13.5. The Morgan fingerprint density at radius 2 is 1.94 bits per heavy atom. The summed E-state index contributed by atoms with van der Waals surface area (Å²) >= 11 is 1.43. The zero-order valence-electron chi connectivity index (χ0n) is 16.7. The molecule has 0 bridgehead atoms. The van der Waals surface area contributed by atoms with Crippen LogP contribution in [0.4, 0.5) is 19.0 Å². The third-order valence-corrected chi connectivity index (χ3v) is 5.82. The molecule has 1 unspecified atom stereocenters. The molecule has 1 aliphatic rings. The van der Waals surface area contributed by atoms with Crippen molar-refractivity contribution in [2.24, 2.45) is 0 Å². The Morgan fingerprint density at radius 1 is 1.19 bits per heavy atom. The quantitative estimate of drug-likeness (QED) is 0.566. The summed E-state index contributed by atoms with van der Waals surface area (Å²) in [5.74, 6) is -0.133. The first kappa shape index (κ1) is 21.1. The monoisotopic (exact) mass is 444 g/mol. The molecule has 0 saturated heterocycles. The van der Waals surface area contributed by atoms with E-state index in [4.69, 9.17) is 0 Å². The van der Waals surface area contributed by atoms with E-state index in [2.05, 4.69) is 15.7 Å². The van der Waals surface area contributed by atoms with E-state index < -0.39 is 23.7 Å². The Morgan fingerprint density at radius 3 is 2.58 bits per heavy atom. The lowest BCUT2D eigenvalue weighted by Crippen LogP contribution is -2.28. The molecule has 0 saturated carbocycles. The van der Waals surface area contributed by atoms with E-state index in [1.54, 1.807) is 24.3 Å². The first-order valence-corrected chi connectivity index (χ1v) is 10.3. The third kappa shape index (κ3) is 4.47. The number of amides is 1. The largest absolute Gasteiger partial charge is 0.416 e. The topological polar surface area (TPSA) is 57.3 Å². The van der Waals surface area contributed by atoms with Gasteiger partial charge in [0.15, 0.2) is 5.82 Å². The highest BCUT2D eigenvalue weighted by molar-refractivity contribution is 7.15. The molecule has 0 radical (unpaired) electrons. The van der Waals surface area contributed by atoms with Gasteiger partial charge in [-0.2, -0.15) is 13.2 Å². The molecule has 31 heavy (non-hydrogen) atoms. The van der Waals surface area contributed by atoms with Crippen LogP contribution in [-0.2, 0) is 6.18 Å². The van der Waals surface area contributed by atoms with E-state index in [0.717, 1.165) is 21.5 Å². The maximum Gasteiger partial charge on any atom is 0.416 e. The first-order valence-electron chi connectivity index (χ1n) is 9.45. The fourth-order valence-electron chi connectivity index (χ4n) is 3.39. The van der Waals surface area contributed by atoms with E-state index >= 15 is 0 Å². The summed E-state index contributed by atoms with van der Waals surface area (Å²) in [5.41, 5.74) is 3.14. The van der Waals surface area contributed by atoms with Crippen LogP contribution in [0.1, 0.15) is 32.5 Å². The number of nitrogens with one attached hydrogen (secondary N) is 2. The van der Waals surface area contributed by atoms with Crippen molar-refractivity contribution in [2.75, 3.05) is 12.4 Å². The van der Waals surface area contributed by atoms with Gasteiger partial charge in [-0.05, 0) is 42.3 Å². The number of anilines is 1. The van der Waals surface area contributed by atoms with Crippen LogP contribution in [0, 0.1) is 6.92 Å². The Balaban J connectivity index is 1.67. The lowest BCUT2D eigenvalue weighted by molar-refractivity contribution is -0.138. The predicted molar refractivity (Wildman–Crippen MR) is 114 cm³/mol. The van der Waals surface area contributed by atoms with Crippen LogP contribution < -0.4 is 10.7 Å². The van der Waals surface area contributed by atoms with Crippen molar-refractivity contribution in [1.29, 1.82) is 0 Å². The van der Waals surface area contributed by atoms with Gasteiger partial charge in [0, 0.05) is 18.8 Å². The van der Waals surface area contributed by atoms with Gasteiger partial charge in [0.1, 0.15) is 0 Å². The third-order valence-electron chi connectivity index (χ3n) is 4.80. The number of hydrogen-bond donors (Lipinski definition) is 2. The number of hydrogen-bond acceptors (Lipinski definition) is 5. The summed E-state index contributed by atoms with van der Waals surface area (Å²) in [6, 6.07) is 12.2. The molecular formula is C22H19F3N4OS. The highest BCUT2D eigenvalue weighted by Crippen LogP contribution is 2.37. The van der Waals surface area contributed by atoms with Crippen LogP contribution >= 0.6 is 11.3 Å². The summed E-state index contributed by atoms with van der Waals surface area (Å²) in [6.45, 7) is 1.83. The van der Waals surface area contributed by atoms with E-state index in [-0.39, 0.29) is 11.1 Å². The highest BCUT2D eigenvalue weighted by atomic mass is 32.1. The second-order valence-corrected chi connectivity index (χ2v) is 8.29. The number of benzene rings is 2. The Bertz CT molecular complexity index is 1140. The molecule has 4 rings (SSSR count). The zero-order chi connectivity index (χ0) is 22.2. The lowest BCUT2D eigenvalue weighted by atomic mass is 9.97. The van der Waals surface area contributed by atoms with Crippen molar-refractivity contribution in [2.45, 2.75) is 19.1 Å². The van der Waals surface area contributed by atoms with E-state index in [1.165, 1.54) is 23.5 Å². The van der Waals surface area contributed by atoms with Crippen molar-refractivity contribution < 1.29 is 18.0 Å². The van der Waals surface area contributed by atoms with Gasteiger partial charge >= 0.3 is 6.18 Å². The van der Waals surface area contributed by atoms with Crippen molar-refractivity contribution in [3.8, 4) is 10.4 Å². The number of hydrazine groups is 1. The van der Waals surface area contributed by atoms with Gasteiger partial charge in [-0.15, -0.1) is 11.3 Å². The lowest BCUT2D eigenvalue weighted by Gasteiger charge is -2.20. The van der Waals surface area contributed by atoms with Crippen molar-refractivity contribution in [3.63, 3.8) is 0 Å². The van der Waals surface area contributed by atoms with E-state index in [0.29, 0.717) is 5.82 Å². The Hall–Kier alpha value is -3.17. The normalized spacial score (nSPS) is 16.0. The number of thiazole rings is 1. The van der Waals surface area contributed by atoms with Crippen molar-refractivity contribution in [1.82, 2.24) is 15.4 Å². The standard InChI is InChI=1S/C22H19F3N4OS/c1-13-26-20(19(31-13)14-6-4-3-5-7-14)27-21(30)15-8-9-17(22(23,24)25)16(12-15)18-10-11-29(2)28-18/h3-12,18,28H,1-2H3,(H,27,30). The summed E-state index contributed by atoms with van der Waals surface area (Å²) in [5, 5.41) is 5.10. The van der Waals surface area contributed by atoms with Gasteiger partial charge in [-0.25, -0.2) is 10.4 Å². The van der Waals surface area contributed by atoms with Crippen LogP contribution in [0.25, 0.3) is 10.4 Å². The average Bonchev–Trinajstić information content (AvgIpc) is 3.33. The smallest absolute Gasteiger partial charge is 0.318 e. The summed E-state index contributed by atoms with van der Waals surface area (Å²) < 4.78 is 40.6. The molecule has 2 N–H and O–H groups in total. The van der Waals surface area contributed by atoms with Gasteiger partial charge in [0.25, 0.3) is 5.91 Å². The SMILES string of the molecule is Cc1nc(NC(=O)c2ccc(C(F)(F)F)c(C3C=CN(C)N3)c2)c(-c2ccccc2)s1. The highest BCUT2D eigenvalue weighted by Gasteiger charge is 2.36. The summed E-state index contributed by atoms with van der Waals surface area (Å²) in [4.78, 5) is 18.1. The molecule has 0 spiro atoms. The van der Waals surface area contributed by atoms with Crippen molar-refractivity contribution in [3.05, 3.63) is 82.5 Å². The molecule has 160 valence electrons. The van der Waals surface area contributed by atoms with Crippen LogP contribution in [0.2, 0.25) is 0 Å². The molecule has 0 fully saturated rings. The minimum atomic E-state index is -4.53. The fourth-order valence-corrected chi connectivity index (χ4v) is 4.27. The van der Waals surface area contributed by atoms with Crippen LogP contribution in [0.15, 0.2) is 60.8 Å². The minimum Gasteiger partial charge on any atom is -0.318 e. The minimum absolute atomic E-state index is 0.0153. The Kier molecular flexibility index (Phi) is 5.55. The molecule has 1 amide bonds. The van der Waals surface area contributed by atoms with Crippen molar-refractivity contribution >= 4 is 23.1 Å². The van der Waals surface area contributed by atoms with E-state index in [1.807, 2.05) is 37.3 Å². The average molecular weight is 444 g/mol. The molecule has 5 nitrogen and oxygen atoms in total. The molecule has 1 aliphatic heterocycles. The number of rotatable bonds is 4. The summed E-state index contributed by atoms with van der Waals surface area (Å²) in [6.07, 6.45) is -1.28. The number of carbonyl (C=O) groups is 1. The van der Waals surface area contributed by atoms with Gasteiger partial charge in [-0.1, -0.05) is 30.3 Å². The molecular weight excluding hydrogens is 425 g/mol. The molecule has 1 atom stereocenters. The molecule has 9 heteroatoms. The molecule has 2 heterocycles. The number of nitrogens with zero attached hydrogens (tertiary/aromatic N) is 2. The fraction of sp³-hybridized carbons (Fsp3) is 0.182. The Labute approximate surface area is 181 Å². The van der Waals surface area contributed by atoms with Crippen LogP contribution in [0.5, 0.6) is 0 Å². The first-order chi connectivity index (χ1) is 14.7. The predicted octanol–water partition coefficient (Wildman–Crippen LogP) is 5.39. The van der Waals surface area contributed by atoms with Gasteiger partial charge < -0.3 is 10.3 Å². The second-order valence-electron chi connectivity index (χ2n) is 7.09. The number of alkyl halides is 3. The molecule has 2 aromatic carbocycles. The van der Waals surface area contributed by atoms with Gasteiger partial charge in [-0.3, -0.25) is 4.79 Å². The van der Waals surface area contributed by atoms with Gasteiger partial charge in [0.05, 0.1) is 21.5 Å². The van der Waals surface area contributed by atoms with Crippen LogP contribution in [-0.4, -0.2) is 22.9 Å². The molecule has 0 aliphatic carbocycles. The van der Waals surface area contributed by atoms with E-state index in [9.17, 15) is 18.0 Å². The van der Waals surface area contributed by atoms with Gasteiger partial charge in [0.2, 0.25) is 0 Å². The molecule has 1 aromatic heterocycles. The number of aromatic nitrogens is 1. The summed E-state index contributed by atoms with van der Waals surface area (Å²) in [7, 11) is 1.69. The zero-order valence-corrected chi connectivity index (χ0v) is 17.5.